The molecule has 0 atom stereocenters. The highest BCUT2D eigenvalue weighted by atomic mass is 35.5. The van der Waals surface area contributed by atoms with Crippen LogP contribution in [0, 0.1) is 0 Å². The van der Waals surface area contributed by atoms with Crippen molar-refractivity contribution >= 4 is 17.4 Å². The first-order chi connectivity index (χ1) is 7.84. The van der Waals surface area contributed by atoms with Gasteiger partial charge < -0.3 is 5.32 Å². The molecule has 0 aromatic carbocycles. The number of anilines is 1. The summed E-state index contributed by atoms with van der Waals surface area (Å²) in [4.78, 5) is 4.28. The Morgan fingerprint density at radius 3 is 2.44 bits per heavy atom. The molecule has 1 aromatic rings. The van der Waals surface area contributed by atoms with E-state index in [1.807, 2.05) is 18.2 Å². The van der Waals surface area contributed by atoms with Crippen molar-refractivity contribution in [1.82, 2.24) is 4.98 Å². The van der Waals surface area contributed by atoms with Crippen LogP contribution in [0.2, 0.25) is 5.15 Å². The van der Waals surface area contributed by atoms with Crippen molar-refractivity contribution < 1.29 is 0 Å². The zero-order valence-corrected chi connectivity index (χ0v) is 10.3. The highest BCUT2D eigenvalue weighted by molar-refractivity contribution is 6.29. The van der Waals surface area contributed by atoms with Crippen molar-refractivity contribution in [3.8, 4) is 0 Å². The molecule has 1 fully saturated rings. The summed E-state index contributed by atoms with van der Waals surface area (Å²) in [5.41, 5.74) is 0. The molecule has 0 amide bonds. The van der Waals surface area contributed by atoms with Gasteiger partial charge in [0.15, 0.2) is 0 Å². The fourth-order valence-corrected chi connectivity index (χ4v) is 2.46. The molecule has 0 aliphatic heterocycles. The average Bonchev–Trinajstić information content (AvgIpc) is 2.22. The average molecular weight is 239 g/mol. The van der Waals surface area contributed by atoms with Crippen LogP contribution in [-0.2, 0) is 0 Å². The summed E-state index contributed by atoms with van der Waals surface area (Å²) in [6.45, 7) is 0. The second-order valence-electron chi connectivity index (χ2n) is 4.53. The molecule has 0 radical (unpaired) electrons. The Kier molecular flexibility index (Phi) is 4.46. The maximum Gasteiger partial charge on any atom is 0.131 e. The minimum Gasteiger partial charge on any atom is -0.367 e. The molecule has 16 heavy (non-hydrogen) atoms. The Balaban J connectivity index is 1.91. The normalized spacial score (nSPS) is 18.8. The van der Waals surface area contributed by atoms with E-state index in [1.54, 1.807) is 0 Å². The van der Waals surface area contributed by atoms with E-state index in [2.05, 4.69) is 10.3 Å². The molecule has 2 rings (SSSR count). The maximum atomic E-state index is 5.87. The molecule has 0 unspecified atom stereocenters. The molecule has 0 bridgehead atoms. The number of aromatic nitrogens is 1. The second-order valence-corrected chi connectivity index (χ2v) is 4.92. The fourth-order valence-electron chi connectivity index (χ4n) is 2.30. The molecule has 1 saturated carbocycles. The molecular formula is C13H19ClN2. The lowest BCUT2D eigenvalue weighted by Crippen LogP contribution is -2.21. The van der Waals surface area contributed by atoms with Gasteiger partial charge in [-0.15, -0.1) is 0 Å². The van der Waals surface area contributed by atoms with Crippen LogP contribution in [0.5, 0.6) is 0 Å². The summed E-state index contributed by atoms with van der Waals surface area (Å²) in [7, 11) is 0. The number of nitrogens with one attached hydrogen (secondary N) is 1. The minimum absolute atomic E-state index is 0.566. The van der Waals surface area contributed by atoms with E-state index in [0.717, 1.165) is 5.82 Å². The number of rotatable bonds is 2. The first kappa shape index (κ1) is 11.7. The third kappa shape index (κ3) is 3.67. The van der Waals surface area contributed by atoms with E-state index in [4.69, 9.17) is 11.6 Å². The van der Waals surface area contributed by atoms with Gasteiger partial charge in [0.1, 0.15) is 11.0 Å². The van der Waals surface area contributed by atoms with Crippen molar-refractivity contribution in [1.29, 1.82) is 0 Å². The van der Waals surface area contributed by atoms with Gasteiger partial charge in [-0.25, -0.2) is 4.98 Å². The Morgan fingerprint density at radius 1 is 1.06 bits per heavy atom. The lowest BCUT2D eigenvalue weighted by molar-refractivity contribution is 0.471. The van der Waals surface area contributed by atoms with Crippen molar-refractivity contribution in [2.24, 2.45) is 0 Å². The quantitative estimate of drug-likeness (QED) is 0.779. The predicted molar refractivity (Wildman–Crippen MR) is 69.0 cm³/mol. The molecule has 1 N–H and O–H groups in total. The number of nitrogens with zero attached hydrogens (tertiary/aromatic N) is 1. The SMILES string of the molecule is Clc1cccc(NC2CCCCCCC2)n1. The van der Waals surface area contributed by atoms with Crippen LogP contribution in [-0.4, -0.2) is 11.0 Å². The summed E-state index contributed by atoms with van der Waals surface area (Å²) < 4.78 is 0. The Bertz CT molecular complexity index is 319. The van der Waals surface area contributed by atoms with E-state index < -0.39 is 0 Å². The summed E-state index contributed by atoms with van der Waals surface area (Å²) in [6.07, 6.45) is 9.34. The van der Waals surface area contributed by atoms with E-state index in [0.29, 0.717) is 11.2 Å². The van der Waals surface area contributed by atoms with E-state index in [-0.39, 0.29) is 0 Å². The molecule has 0 spiro atoms. The van der Waals surface area contributed by atoms with Crippen LogP contribution in [0.3, 0.4) is 0 Å². The number of halogens is 1. The third-order valence-corrected chi connectivity index (χ3v) is 3.38. The van der Waals surface area contributed by atoms with Gasteiger partial charge in [0.2, 0.25) is 0 Å². The topological polar surface area (TPSA) is 24.9 Å². The van der Waals surface area contributed by atoms with E-state index in [9.17, 15) is 0 Å². The zero-order valence-electron chi connectivity index (χ0n) is 9.58. The van der Waals surface area contributed by atoms with Crippen molar-refractivity contribution in [2.45, 2.75) is 51.0 Å². The first-order valence-corrected chi connectivity index (χ1v) is 6.61. The lowest BCUT2D eigenvalue weighted by Gasteiger charge is -2.21. The summed E-state index contributed by atoms with van der Waals surface area (Å²) in [5, 5.41) is 4.06. The van der Waals surface area contributed by atoms with Crippen molar-refractivity contribution in [2.75, 3.05) is 5.32 Å². The van der Waals surface area contributed by atoms with Crippen LogP contribution < -0.4 is 5.32 Å². The van der Waals surface area contributed by atoms with Crippen LogP contribution in [0.15, 0.2) is 18.2 Å². The van der Waals surface area contributed by atoms with Crippen molar-refractivity contribution in [3.63, 3.8) is 0 Å². The molecule has 3 heteroatoms. The Hall–Kier alpha value is -0.760. The molecule has 0 saturated heterocycles. The highest BCUT2D eigenvalue weighted by Crippen LogP contribution is 2.20. The lowest BCUT2D eigenvalue weighted by atomic mass is 9.97. The van der Waals surface area contributed by atoms with Gasteiger partial charge in [-0.1, -0.05) is 49.8 Å². The third-order valence-electron chi connectivity index (χ3n) is 3.17. The molecule has 1 aliphatic carbocycles. The van der Waals surface area contributed by atoms with Crippen LogP contribution in [0.4, 0.5) is 5.82 Å². The number of pyridine rings is 1. The van der Waals surface area contributed by atoms with Crippen LogP contribution in [0.25, 0.3) is 0 Å². The van der Waals surface area contributed by atoms with Gasteiger partial charge >= 0.3 is 0 Å². The zero-order chi connectivity index (χ0) is 11.2. The summed E-state index contributed by atoms with van der Waals surface area (Å²) in [6, 6.07) is 6.32. The molecule has 2 nitrogen and oxygen atoms in total. The van der Waals surface area contributed by atoms with Gasteiger partial charge in [-0.2, -0.15) is 0 Å². The van der Waals surface area contributed by atoms with E-state index >= 15 is 0 Å². The van der Waals surface area contributed by atoms with Gasteiger partial charge in [-0.05, 0) is 25.0 Å². The largest absolute Gasteiger partial charge is 0.367 e. The molecule has 1 heterocycles. The molecule has 1 aliphatic rings. The van der Waals surface area contributed by atoms with Gasteiger partial charge in [0, 0.05) is 6.04 Å². The minimum atomic E-state index is 0.566. The fraction of sp³-hybridized carbons (Fsp3) is 0.615. The second kappa shape index (κ2) is 6.09. The highest BCUT2D eigenvalue weighted by Gasteiger charge is 2.11. The van der Waals surface area contributed by atoms with Gasteiger partial charge in [0.05, 0.1) is 0 Å². The number of hydrogen-bond acceptors (Lipinski definition) is 2. The number of hydrogen-bond donors (Lipinski definition) is 1. The molecule has 88 valence electrons. The van der Waals surface area contributed by atoms with Gasteiger partial charge in [0.25, 0.3) is 0 Å². The van der Waals surface area contributed by atoms with Gasteiger partial charge in [-0.3, -0.25) is 0 Å². The molecule has 1 aromatic heterocycles. The van der Waals surface area contributed by atoms with Crippen LogP contribution >= 0.6 is 11.6 Å². The Morgan fingerprint density at radius 2 is 1.75 bits per heavy atom. The smallest absolute Gasteiger partial charge is 0.131 e. The monoisotopic (exact) mass is 238 g/mol. The summed E-state index contributed by atoms with van der Waals surface area (Å²) >= 11 is 5.87. The predicted octanol–water partition coefficient (Wildman–Crippen LogP) is 4.26. The Labute approximate surface area is 102 Å². The van der Waals surface area contributed by atoms with Crippen molar-refractivity contribution in [3.05, 3.63) is 23.4 Å². The summed E-state index contributed by atoms with van der Waals surface area (Å²) in [5.74, 6) is 0.915. The molecular weight excluding hydrogens is 220 g/mol. The standard InChI is InChI=1S/C13H19ClN2/c14-12-9-6-10-13(16-12)15-11-7-4-2-1-3-5-8-11/h6,9-11H,1-5,7-8H2,(H,15,16). The van der Waals surface area contributed by atoms with E-state index in [1.165, 1.54) is 44.9 Å². The first-order valence-electron chi connectivity index (χ1n) is 6.24. The maximum absolute atomic E-state index is 5.87. The van der Waals surface area contributed by atoms with Crippen LogP contribution in [0.1, 0.15) is 44.9 Å².